The van der Waals surface area contributed by atoms with Crippen LogP contribution in [0.3, 0.4) is 0 Å². The fourth-order valence-corrected chi connectivity index (χ4v) is 4.33. The van der Waals surface area contributed by atoms with Gasteiger partial charge in [0.25, 0.3) is 0 Å². The zero-order chi connectivity index (χ0) is 22.4. The highest BCUT2D eigenvalue weighted by Crippen LogP contribution is 2.44. The summed E-state index contributed by atoms with van der Waals surface area (Å²) in [5, 5.41) is 9.98. The Hall–Kier alpha value is -2.93. The Morgan fingerprint density at radius 3 is 2.29 bits per heavy atom. The minimum absolute atomic E-state index is 0.391. The fraction of sp³-hybridized carbons (Fsp3) is 0.458. The first-order valence-corrected chi connectivity index (χ1v) is 10.6. The van der Waals surface area contributed by atoms with Crippen molar-refractivity contribution in [2.75, 3.05) is 34.5 Å². The third kappa shape index (κ3) is 4.71. The second-order valence-corrected chi connectivity index (χ2v) is 7.41. The van der Waals surface area contributed by atoms with Crippen molar-refractivity contribution in [3.8, 4) is 23.0 Å². The van der Waals surface area contributed by atoms with Crippen molar-refractivity contribution >= 4 is 5.97 Å². The zero-order valence-corrected chi connectivity index (χ0v) is 18.6. The van der Waals surface area contributed by atoms with E-state index in [9.17, 15) is 9.90 Å². The second-order valence-electron chi connectivity index (χ2n) is 7.41. The normalized spacial score (nSPS) is 17.6. The molecule has 1 fully saturated rings. The molecule has 2 aromatic carbocycles. The fourth-order valence-electron chi connectivity index (χ4n) is 4.33. The maximum atomic E-state index is 12.2. The largest absolute Gasteiger partial charge is 0.496 e. The van der Waals surface area contributed by atoms with Gasteiger partial charge in [-0.15, -0.1) is 0 Å². The number of aliphatic carboxylic acids is 1. The topological polar surface area (TPSA) is 77.5 Å². The van der Waals surface area contributed by atoms with Gasteiger partial charge in [0.2, 0.25) is 0 Å². The Balaban J connectivity index is 2.24. The van der Waals surface area contributed by atoms with Gasteiger partial charge in [0.1, 0.15) is 17.5 Å². The maximum absolute atomic E-state index is 12.2. The molecule has 0 spiro atoms. The highest BCUT2D eigenvalue weighted by atomic mass is 16.5. The third-order valence-electron chi connectivity index (χ3n) is 5.70. The van der Waals surface area contributed by atoms with Gasteiger partial charge in [0, 0.05) is 0 Å². The molecule has 1 N–H and O–H groups in total. The Kier molecular flexibility index (Phi) is 7.63. The molecule has 2 atom stereocenters. The van der Waals surface area contributed by atoms with Crippen molar-refractivity contribution in [1.82, 2.24) is 4.90 Å². The number of likely N-dealkylation sites (tertiary alicyclic amines) is 1. The van der Waals surface area contributed by atoms with Crippen molar-refractivity contribution in [3.05, 3.63) is 47.5 Å². The first kappa shape index (κ1) is 22.7. The summed E-state index contributed by atoms with van der Waals surface area (Å²) in [5.41, 5.74) is 1.69. The van der Waals surface area contributed by atoms with Crippen LogP contribution in [-0.4, -0.2) is 56.5 Å². The number of nitrogens with zero attached hydrogens (tertiary/aromatic N) is 1. The quantitative estimate of drug-likeness (QED) is 0.642. The predicted molar refractivity (Wildman–Crippen MR) is 118 cm³/mol. The summed E-state index contributed by atoms with van der Waals surface area (Å²) < 4.78 is 22.6. The molecule has 0 aromatic heterocycles. The summed E-state index contributed by atoms with van der Waals surface area (Å²) >= 11 is 0. The maximum Gasteiger partial charge on any atom is 0.320 e. The molecule has 0 bridgehead atoms. The van der Waals surface area contributed by atoms with E-state index < -0.39 is 18.1 Å². The average Bonchev–Trinajstić information content (AvgIpc) is 2.80. The highest BCUT2D eigenvalue weighted by Gasteiger charge is 2.38. The summed E-state index contributed by atoms with van der Waals surface area (Å²) in [7, 11) is 4.82. The standard InChI is InChI=1S/C24H31NO6/c1-5-31-21-15-16(12-13-18(21)28-2)23(25-14-7-6-9-17(25)24(26)27)22-19(29-3)10-8-11-20(22)30-4/h8,10-13,15,17,23H,5-7,9,14H2,1-4H3,(H,26,27). The number of carboxylic acids is 1. The van der Waals surface area contributed by atoms with Crippen LogP contribution in [0.15, 0.2) is 36.4 Å². The molecule has 7 nitrogen and oxygen atoms in total. The Labute approximate surface area is 183 Å². The van der Waals surface area contributed by atoms with E-state index in [1.165, 1.54) is 0 Å². The molecule has 0 amide bonds. The van der Waals surface area contributed by atoms with E-state index >= 15 is 0 Å². The molecule has 0 radical (unpaired) electrons. The van der Waals surface area contributed by atoms with Gasteiger partial charge in [-0.3, -0.25) is 9.69 Å². The first-order chi connectivity index (χ1) is 15.0. The van der Waals surface area contributed by atoms with E-state index in [4.69, 9.17) is 18.9 Å². The van der Waals surface area contributed by atoms with Crippen molar-refractivity contribution in [2.45, 2.75) is 38.3 Å². The van der Waals surface area contributed by atoms with E-state index in [1.54, 1.807) is 21.3 Å². The molecule has 2 aromatic rings. The van der Waals surface area contributed by atoms with Crippen LogP contribution in [0.1, 0.15) is 43.4 Å². The van der Waals surface area contributed by atoms with Gasteiger partial charge in [-0.05, 0) is 56.1 Å². The molecular weight excluding hydrogens is 398 g/mol. The van der Waals surface area contributed by atoms with Crippen LogP contribution in [0.2, 0.25) is 0 Å². The van der Waals surface area contributed by atoms with Crippen LogP contribution in [-0.2, 0) is 4.79 Å². The molecule has 0 saturated carbocycles. The predicted octanol–water partition coefficient (Wildman–Crippen LogP) is 4.14. The SMILES string of the molecule is CCOc1cc(C(c2c(OC)cccc2OC)N2CCCCC2C(=O)O)ccc1OC. The van der Waals surface area contributed by atoms with Crippen molar-refractivity contribution < 1.29 is 28.8 Å². The number of hydrogen-bond donors (Lipinski definition) is 1. The molecule has 168 valence electrons. The minimum atomic E-state index is -0.822. The zero-order valence-electron chi connectivity index (χ0n) is 18.6. The Bertz CT molecular complexity index is 877. The lowest BCUT2D eigenvalue weighted by Gasteiger charge is -2.40. The van der Waals surface area contributed by atoms with Crippen molar-refractivity contribution in [2.24, 2.45) is 0 Å². The number of carboxylic acid groups (broad SMARTS) is 1. The van der Waals surface area contributed by atoms with Crippen molar-refractivity contribution in [3.63, 3.8) is 0 Å². The van der Waals surface area contributed by atoms with Gasteiger partial charge in [-0.2, -0.15) is 0 Å². The number of hydrogen-bond acceptors (Lipinski definition) is 6. The van der Waals surface area contributed by atoms with Gasteiger partial charge in [-0.25, -0.2) is 0 Å². The summed E-state index contributed by atoms with van der Waals surface area (Å²) in [5.74, 6) is 1.72. The minimum Gasteiger partial charge on any atom is -0.496 e. The van der Waals surface area contributed by atoms with E-state index in [1.807, 2.05) is 48.2 Å². The highest BCUT2D eigenvalue weighted by molar-refractivity contribution is 5.74. The monoisotopic (exact) mass is 429 g/mol. The number of rotatable bonds is 9. The average molecular weight is 430 g/mol. The van der Waals surface area contributed by atoms with Gasteiger partial charge in [-0.1, -0.05) is 18.6 Å². The number of ether oxygens (including phenoxy) is 4. The van der Waals surface area contributed by atoms with Crippen LogP contribution in [0.4, 0.5) is 0 Å². The van der Waals surface area contributed by atoms with Crippen LogP contribution < -0.4 is 18.9 Å². The Morgan fingerprint density at radius 2 is 1.71 bits per heavy atom. The molecule has 1 heterocycles. The molecule has 1 saturated heterocycles. The third-order valence-corrected chi connectivity index (χ3v) is 5.70. The number of methoxy groups -OCH3 is 3. The Morgan fingerprint density at radius 1 is 1.03 bits per heavy atom. The molecule has 1 aliphatic rings. The summed E-state index contributed by atoms with van der Waals surface area (Å²) in [6.07, 6.45) is 2.40. The molecule has 0 aliphatic carbocycles. The van der Waals surface area contributed by atoms with Crippen LogP contribution >= 0.6 is 0 Å². The van der Waals surface area contributed by atoms with Gasteiger partial charge >= 0.3 is 5.97 Å². The molecule has 7 heteroatoms. The first-order valence-electron chi connectivity index (χ1n) is 10.6. The van der Waals surface area contributed by atoms with E-state index in [2.05, 4.69) is 0 Å². The lowest BCUT2D eigenvalue weighted by atomic mass is 9.90. The van der Waals surface area contributed by atoms with Crippen LogP contribution in [0.5, 0.6) is 23.0 Å². The van der Waals surface area contributed by atoms with Crippen molar-refractivity contribution in [1.29, 1.82) is 0 Å². The van der Waals surface area contributed by atoms with E-state index in [0.29, 0.717) is 42.6 Å². The second kappa shape index (κ2) is 10.4. The molecule has 1 aliphatic heterocycles. The number of benzene rings is 2. The van der Waals surface area contributed by atoms with Crippen LogP contribution in [0, 0.1) is 0 Å². The summed E-state index contributed by atoms with van der Waals surface area (Å²) in [6.45, 7) is 3.06. The smallest absolute Gasteiger partial charge is 0.320 e. The van der Waals surface area contributed by atoms with Gasteiger partial charge < -0.3 is 24.1 Å². The molecular formula is C24H31NO6. The molecule has 31 heavy (non-hydrogen) atoms. The molecule has 2 unspecified atom stereocenters. The number of carbonyl (C=O) groups is 1. The van der Waals surface area contributed by atoms with E-state index in [-0.39, 0.29) is 0 Å². The number of piperidine rings is 1. The van der Waals surface area contributed by atoms with Gasteiger partial charge in [0.15, 0.2) is 11.5 Å². The van der Waals surface area contributed by atoms with Gasteiger partial charge in [0.05, 0.1) is 39.5 Å². The molecule has 3 rings (SSSR count). The van der Waals surface area contributed by atoms with E-state index in [0.717, 1.165) is 24.0 Å². The summed E-state index contributed by atoms with van der Waals surface area (Å²) in [6, 6.07) is 10.3. The lowest BCUT2D eigenvalue weighted by molar-refractivity contribution is -0.145. The summed E-state index contributed by atoms with van der Waals surface area (Å²) in [4.78, 5) is 14.2. The lowest BCUT2D eigenvalue weighted by Crippen LogP contribution is -2.47. The van der Waals surface area contributed by atoms with Crippen LogP contribution in [0.25, 0.3) is 0 Å².